The third-order valence-electron chi connectivity index (χ3n) is 4.09. The monoisotopic (exact) mass is 260 g/mol. The van der Waals surface area contributed by atoms with Gasteiger partial charge in [0, 0.05) is 19.1 Å². The Labute approximate surface area is 118 Å². The zero-order valence-corrected chi connectivity index (χ0v) is 12.5. The molecule has 106 valence electrons. The van der Waals surface area contributed by atoms with Crippen LogP contribution in [0.5, 0.6) is 0 Å². The summed E-state index contributed by atoms with van der Waals surface area (Å²) in [6, 6.07) is 9.48. The normalized spacial score (nSPS) is 15.8. The zero-order valence-electron chi connectivity index (χ0n) is 12.5. The third-order valence-corrected chi connectivity index (χ3v) is 4.09. The lowest BCUT2D eigenvalue weighted by Crippen LogP contribution is -2.41. The smallest absolute Gasteiger partial charge is 0.0605 e. The van der Waals surface area contributed by atoms with Gasteiger partial charge in [-0.05, 0) is 25.0 Å². The molecule has 2 rings (SSSR count). The van der Waals surface area contributed by atoms with Gasteiger partial charge in [-0.2, -0.15) is 0 Å². The van der Waals surface area contributed by atoms with Crippen LogP contribution in [0.2, 0.25) is 0 Å². The van der Waals surface area contributed by atoms with E-state index in [4.69, 9.17) is 0 Å². The molecule has 1 heterocycles. The Morgan fingerprint density at radius 1 is 1.11 bits per heavy atom. The van der Waals surface area contributed by atoms with Crippen LogP contribution >= 0.6 is 0 Å². The van der Waals surface area contributed by atoms with Gasteiger partial charge in [-0.25, -0.2) is 0 Å². The molecule has 0 radical (unpaired) electrons. The largest absolute Gasteiger partial charge is 0.382 e. The maximum atomic E-state index is 3.52. The summed E-state index contributed by atoms with van der Waals surface area (Å²) in [5, 5.41) is 3.52. The molecule has 0 saturated heterocycles. The summed E-state index contributed by atoms with van der Waals surface area (Å²) in [4.78, 5) is 2.64. The topological polar surface area (TPSA) is 15.3 Å². The predicted molar refractivity (Wildman–Crippen MR) is 85.1 cm³/mol. The van der Waals surface area contributed by atoms with E-state index in [2.05, 4.69) is 48.3 Å². The molecular weight excluding hydrogens is 232 g/mol. The fourth-order valence-electron chi connectivity index (χ4n) is 3.10. The van der Waals surface area contributed by atoms with Crippen LogP contribution in [0, 0.1) is 0 Å². The summed E-state index contributed by atoms with van der Waals surface area (Å²) < 4.78 is 0. The fourth-order valence-corrected chi connectivity index (χ4v) is 3.10. The van der Waals surface area contributed by atoms with E-state index in [1.165, 1.54) is 49.9 Å². The van der Waals surface area contributed by atoms with Crippen LogP contribution in [-0.2, 0) is 0 Å². The summed E-state index contributed by atoms with van der Waals surface area (Å²) in [5.41, 5.74) is 2.72. The van der Waals surface area contributed by atoms with E-state index in [9.17, 15) is 0 Å². The van der Waals surface area contributed by atoms with Crippen molar-refractivity contribution in [2.24, 2.45) is 0 Å². The molecule has 2 nitrogen and oxygen atoms in total. The molecule has 1 aliphatic rings. The van der Waals surface area contributed by atoms with E-state index in [1.807, 2.05) is 0 Å². The molecule has 2 heteroatoms. The SMILES string of the molecule is CCCCCC(CCC)N1CCNc2ccccc21. The highest BCUT2D eigenvalue weighted by molar-refractivity contribution is 5.72. The van der Waals surface area contributed by atoms with Gasteiger partial charge < -0.3 is 10.2 Å². The highest BCUT2D eigenvalue weighted by atomic mass is 15.2. The summed E-state index contributed by atoms with van der Waals surface area (Å²) >= 11 is 0. The van der Waals surface area contributed by atoms with E-state index < -0.39 is 0 Å². The highest BCUT2D eigenvalue weighted by Crippen LogP contribution is 2.32. The van der Waals surface area contributed by atoms with Crippen molar-refractivity contribution >= 4 is 11.4 Å². The van der Waals surface area contributed by atoms with Gasteiger partial charge in [0.15, 0.2) is 0 Å². The molecule has 0 aliphatic carbocycles. The molecule has 0 bridgehead atoms. The third kappa shape index (κ3) is 3.65. The average molecular weight is 260 g/mol. The quantitative estimate of drug-likeness (QED) is 0.717. The van der Waals surface area contributed by atoms with E-state index in [0.29, 0.717) is 0 Å². The lowest BCUT2D eigenvalue weighted by Gasteiger charge is -2.38. The first-order valence-electron chi connectivity index (χ1n) is 7.96. The minimum Gasteiger partial charge on any atom is -0.382 e. The molecule has 1 atom stereocenters. The minimum atomic E-state index is 0.722. The van der Waals surface area contributed by atoms with Gasteiger partial charge in [-0.3, -0.25) is 0 Å². The second-order valence-corrected chi connectivity index (χ2v) is 5.58. The number of unbranched alkanes of at least 4 members (excludes halogenated alkanes) is 2. The molecule has 0 aromatic heterocycles. The number of fused-ring (bicyclic) bond motifs is 1. The van der Waals surface area contributed by atoms with E-state index in [1.54, 1.807) is 0 Å². The molecule has 1 N–H and O–H groups in total. The van der Waals surface area contributed by atoms with Crippen LogP contribution in [-0.4, -0.2) is 19.1 Å². The zero-order chi connectivity index (χ0) is 13.5. The maximum Gasteiger partial charge on any atom is 0.0605 e. The summed E-state index contributed by atoms with van der Waals surface area (Å²) in [6.07, 6.45) is 8.00. The number of nitrogens with one attached hydrogen (secondary N) is 1. The van der Waals surface area contributed by atoms with Crippen molar-refractivity contribution in [3.63, 3.8) is 0 Å². The van der Waals surface area contributed by atoms with Crippen molar-refractivity contribution in [2.75, 3.05) is 23.3 Å². The fraction of sp³-hybridized carbons (Fsp3) is 0.647. The Morgan fingerprint density at radius 3 is 2.74 bits per heavy atom. The van der Waals surface area contributed by atoms with Crippen molar-refractivity contribution in [3.8, 4) is 0 Å². The predicted octanol–water partition coefficient (Wildman–Crippen LogP) is 4.67. The van der Waals surface area contributed by atoms with Crippen LogP contribution in [0.4, 0.5) is 11.4 Å². The molecule has 19 heavy (non-hydrogen) atoms. The van der Waals surface area contributed by atoms with Crippen LogP contribution in [0.15, 0.2) is 24.3 Å². The highest BCUT2D eigenvalue weighted by Gasteiger charge is 2.22. The first kappa shape index (κ1) is 14.2. The number of benzene rings is 1. The van der Waals surface area contributed by atoms with Crippen molar-refractivity contribution in [3.05, 3.63) is 24.3 Å². The number of hydrogen-bond acceptors (Lipinski definition) is 2. The molecule has 0 spiro atoms. The molecule has 1 aromatic rings. The second kappa shape index (κ2) is 7.42. The van der Waals surface area contributed by atoms with Crippen molar-refractivity contribution in [1.82, 2.24) is 0 Å². The molecule has 0 fully saturated rings. The van der Waals surface area contributed by atoms with Gasteiger partial charge in [0.25, 0.3) is 0 Å². The Balaban J connectivity index is 2.08. The van der Waals surface area contributed by atoms with Crippen LogP contribution in [0.3, 0.4) is 0 Å². The molecule has 0 saturated carbocycles. The van der Waals surface area contributed by atoms with Crippen molar-refractivity contribution < 1.29 is 0 Å². The Morgan fingerprint density at radius 2 is 1.95 bits per heavy atom. The van der Waals surface area contributed by atoms with Gasteiger partial charge in [0.05, 0.1) is 11.4 Å². The number of anilines is 2. The maximum absolute atomic E-state index is 3.52. The summed E-state index contributed by atoms with van der Waals surface area (Å²) in [5.74, 6) is 0. The van der Waals surface area contributed by atoms with Gasteiger partial charge in [0.2, 0.25) is 0 Å². The minimum absolute atomic E-state index is 0.722. The second-order valence-electron chi connectivity index (χ2n) is 5.58. The van der Waals surface area contributed by atoms with E-state index in [-0.39, 0.29) is 0 Å². The first-order chi connectivity index (χ1) is 9.36. The average Bonchev–Trinajstić information content (AvgIpc) is 2.46. The summed E-state index contributed by atoms with van der Waals surface area (Å²) in [6.45, 7) is 6.81. The lowest BCUT2D eigenvalue weighted by atomic mass is 10.0. The first-order valence-corrected chi connectivity index (χ1v) is 7.96. The number of hydrogen-bond donors (Lipinski definition) is 1. The molecular formula is C17H28N2. The molecule has 1 aromatic carbocycles. The Bertz CT molecular complexity index is 375. The molecule has 1 unspecified atom stereocenters. The van der Waals surface area contributed by atoms with Crippen molar-refractivity contribution in [1.29, 1.82) is 0 Å². The number of nitrogens with zero attached hydrogens (tertiary/aromatic N) is 1. The Kier molecular flexibility index (Phi) is 5.56. The Hall–Kier alpha value is -1.18. The van der Waals surface area contributed by atoms with Gasteiger partial charge >= 0.3 is 0 Å². The van der Waals surface area contributed by atoms with Crippen LogP contribution < -0.4 is 10.2 Å². The lowest BCUT2D eigenvalue weighted by molar-refractivity contribution is 0.484. The standard InChI is InChI=1S/C17H28N2/c1-3-5-6-10-15(9-4-2)19-14-13-18-16-11-7-8-12-17(16)19/h7-8,11-12,15,18H,3-6,9-10,13-14H2,1-2H3. The van der Waals surface area contributed by atoms with E-state index >= 15 is 0 Å². The van der Waals surface area contributed by atoms with Crippen LogP contribution in [0.1, 0.15) is 52.4 Å². The van der Waals surface area contributed by atoms with Gasteiger partial charge in [-0.15, -0.1) is 0 Å². The summed E-state index contributed by atoms with van der Waals surface area (Å²) in [7, 11) is 0. The number of para-hydroxylation sites is 2. The van der Waals surface area contributed by atoms with Crippen LogP contribution in [0.25, 0.3) is 0 Å². The number of rotatable bonds is 7. The van der Waals surface area contributed by atoms with Crippen molar-refractivity contribution in [2.45, 2.75) is 58.4 Å². The van der Waals surface area contributed by atoms with E-state index in [0.717, 1.165) is 19.1 Å². The molecule has 0 amide bonds. The van der Waals surface area contributed by atoms with Gasteiger partial charge in [0.1, 0.15) is 0 Å². The van der Waals surface area contributed by atoms with Gasteiger partial charge in [-0.1, -0.05) is 51.7 Å². The molecule has 1 aliphatic heterocycles.